The maximum absolute atomic E-state index is 2.33. The molecule has 1 aliphatic rings. The van der Waals surface area contributed by atoms with Crippen LogP contribution in [0.25, 0.3) is 16.8 Å². The third-order valence-electron chi connectivity index (χ3n) is 3.60. The minimum atomic E-state index is 0.643. The summed E-state index contributed by atoms with van der Waals surface area (Å²) in [6.45, 7) is 4.54. The van der Waals surface area contributed by atoms with Gasteiger partial charge in [-0.1, -0.05) is 49.4 Å². The molecular weight excluding hydrogens is 192 g/mol. The largest absolute Gasteiger partial charge is 0.0833 e. The first-order chi connectivity index (χ1) is 7.77. The van der Waals surface area contributed by atoms with Crippen LogP contribution in [0.4, 0.5) is 0 Å². The molecule has 2 aromatic rings. The lowest BCUT2D eigenvalue weighted by Crippen LogP contribution is -2.03. The number of aryl methyl sites for hydroxylation is 1. The monoisotopic (exact) mass is 208 g/mol. The van der Waals surface area contributed by atoms with Crippen molar-refractivity contribution in [1.29, 1.82) is 0 Å². The Morgan fingerprint density at radius 3 is 2.88 bits per heavy atom. The van der Waals surface area contributed by atoms with E-state index in [4.69, 9.17) is 0 Å². The number of benzene rings is 2. The Morgan fingerprint density at radius 1 is 1.19 bits per heavy atom. The Morgan fingerprint density at radius 2 is 2.00 bits per heavy atom. The molecule has 0 nitrogen and oxygen atoms in total. The van der Waals surface area contributed by atoms with Crippen LogP contribution in [0, 0.1) is 6.92 Å². The van der Waals surface area contributed by atoms with E-state index in [1.54, 1.807) is 0 Å². The fourth-order valence-electron chi connectivity index (χ4n) is 2.80. The van der Waals surface area contributed by atoms with Gasteiger partial charge >= 0.3 is 0 Å². The SMILES string of the molecule is Cc1cc2ccccc2c2c1C=CCC2C. The van der Waals surface area contributed by atoms with Crippen molar-refractivity contribution in [1.82, 2.24) is 0 Å². The van der Waals surface area contributed by atoms with Crippen LogP contribution in [0.1, 0.15) is 36.0 Å². The molecule has 0 spiro atoms. The van der Waals surface area contributed by atoms with Gasteiger partial charge in [0.1, 0.15) is 0 Å². The van der Waals surface area contributed by atoms with Gasteiger partial charge in [-0.25, -0.2) is 0 Å². The van der Waals surface area contributed by atoms with E-state index < -0.39 is 0 Å². The van der Waals surface area contributed by atoms with E-state index in [0.717, 1.165) is 0 Å². The highest BCUT2D eigenvalue weighted by atomic mass is 14.2. The van der Waals surface area contributed by atoms with Crippen molar-refractivity contribution >= 4 is 16.8 Å². The van der Waals surface area contributed by atoms with Crippen molar-refractivity contribution in [3.63, 3.8) is 0 Å². The van der Waals surface area contributed by atoms with E-state index in [0.29, 0.717) is 5.92 Å². The van der Waals surface area contributed by atoms with Crippen LogP contribution in [0.2, 0.25) is 0 Å². The average Bonchev–Trinajstić information content (AvgIpc) is 2.30. The van der Waals surface area contributed by atoms with Crippen LogP contribution in [-0.4, -0.2) is 0 Å². The normalized spacial score (nSPS) is 18.8. The number of rotatable bonds is 0. The third-order valence-corrected chi connectivity index (χ3v) is 3.60. The number of hydrogen-bond donors (Lipinski definition) is 0. The summed E-state index contributed by atoms with van der Waals surface area (Å²) in [5.74, 6) is 0.643. The highest BCUT2D eigenvalue weighted by Crippen LogP contribution is 2.37. The summed E-state index contributed by atoms with van der Waals surface area (Å²) < 4.78 is 0. The molecule has 0 aliphatic heterocycles. The first kappa shape index (κ1) is 9.65. The van der Waals surface area contributed by atoms with Crippen LogP contribution >= 0.6 is 0 Å². The first-order valence-corrected chi connectivity index (χ1v) is 5.96. The van der Waals surface area contributed by atoms with Crippen LogP contribution in [-0.2, 0) is 0 Å². The molecule has 0 saturated heterocycles. The Labute approximate surface area is 96.6 Å². The summed E-state index contributed by atoms with van der Waals surface area (Å²) in [7, 11) is 0. The lowest BCUT2D eigenvalue weighted by molar-refractivity contribution is 0.778. The van der Waals surface area contributed by atoms with Gasteiger partial charge in [-0.15, -0.1) is 0 Å². The third kappa shape index (κ3) is 1.30. The van der Waals surface area contributed by atoms with E-state index in [2.05, 4.69) is 56.3 Å². The van der Waals surface area contributed by atoms with Gasteiger partial charge in [0.25, 0.3) is 0 Å². The molecule has 0 N–H and O–H groups in total. The first-order valence-electron chi connectivity index (χ1n) is 5.96. The van der Waals surface area contributed by atoms with Crippen molar-refractivity contribution in [3.05, 3.63) is 53.1 Å². The summed E-state index contributed by atoms with van der Waals surface area (Å²) in [6, 6.07) is 11.0. The molecule has 3 rings (SSSR count). The minimum Gasteiger partial charge on any atom is -0.0833 e. The van der Waals surface area contributed by atoms with Gasteiger partial charge in [0.05, 0.1) is 0 Å². The number of hydrogen-bond acceptors (Lipinski definition) is 0. The van der Waals surface area contributed by atoms with Crippen LogP contribution in [0.15, 0.2) is 36.4 Å². The van der Waals surface area contributed by atoms with Gasteiger partial charge in [0.15, 0.2) is 0 Å². The van der Waals surface area contributed by atoms with E-state index in [1.165, 1.54) is 33.9 Å². The Kier molecular flexibility index (Phi) is 2.10. The quantitative estimate of drug-likeness (QED) is 0.590. The topological polar surface area (TPSA) is 0 Å². The van der Waals surface area contributed by atoms with E-state index in [-0.39, 0.29) is 0 Å². The van der Waals surface area contributed by atoms with E-state index in [9.17, 15) is 0 Å². The standard InChI is InChI=1S/C16H16/c1-11-6-5-9-14-12(2)10-13-7-3-4-8-15(13)16(11)14/h3-5,7-11H,6H2,1-2H3. The molecular formula is C16H16. The lowest BCUT2D eigenvalue weighted by Gasteiger charge is -2.22. The van der Waals surface area contributed by atoms with Crippen molar-refractivity contribution in [2.45, 2.75) is 26.2 Å². The Hall–Kier alpha value is -1.56. The van der Waals surface area contributed by atoms with Gasteiger partial charge in [0, 0.05) is 0 Å². The van der Waals surface area contributed by atoms with Gasteiger partial charge in [0.2, 0.25) is 0 Å². The molecule has 80 valence electrons. The highest BCUT2D eigenvalue weighted by Gasteiger charge is 2.17. The number of fused-ring (bicyclic) bond motifs is 3. The van der Waals surface area contributed by atoms with E-state index in [1.807, 2.05) is 0 Å². The molecule has 0 aromatic heterocycles. The predicted molar refractivity (Wildman–Crippen MR) is 70.8 cm³/mol. The van der Waals surface area contributed by atoms with Crippen molar-refractivity contribution in [2.75, 3.05) is 0 Å². The number of allylic oxidation sites excluding steroid dienone is 1. The molecule has 16 heavy (non-hydrogen) atoms. The van der Waals surface area contributed by atoms with Gasteiger partial charge in [-0.2, -0.15) is 0 Å². The molecule has 0 bridgehead atoms. The van der Waals surface area contributed by atoms with Gasteiger partial charge < -0.3 is 0 Å². The zero-order chi connectivity index (χ0) is 11.1. The molecule has 0 amide bonds. The zero-order valence-electron chi connectivity index (χ0n) is 9.83. The molecule has 0 radical (unpaired) electrons. The minimum absolute atomic E-state index is 0.643. The second-order valence-corrected chi connectivity index (χ2v) is 4.78. The van der Waals surface area contributed by atoms with Gasteiger partial charge in [-0.3, -0.25) is 0 Å². The Balaban J connectivity index is 2.46. The molecule has 1 atom stereocenters. The second-order valence-electron chi connectivity index (χ2n) is 4.78. The molecule has 2 aromatic carbocycles. The maximum Gasteiger partial charge on any atom is -0.0143 e. The molecule has 0 heteroatoms. The Bertz CT molecular complexity index is 576. The van der Waals surface area contributed by atoms with Crippen molar-refractivity contribution in [2.24, 2.45) is 0 Å². The molecule has 0 fully saturated rings. The highest BCUT2D eigenvalue weighted by molar-refractivity contribution is 5.91. The molecule has 1 aliphatic carbocycles. The lowest BCUT2D eigenvalue weighted by atomic mass is 9.82. The molecule has 0 saturated carbocycles. The van der Waals surface area contributed by atoms with Gasteiger partial charge in [-0.05, 0) is 46.7 Å². The van der Waals surface area contributed by atoms with Crippen LogP contribution < -0.4 is 0 Å². The second kappa shape index (κ2) is 3.48. The van der Waals surface area contributed by atoms with Crippen LogP contribution in [0.5, 0.6) is 0 Å². The maximum atomic E-state index is 2.33. The predicted octanol–water partition coefficient (Wildman–Crippen LogP) is 4.67. The van der Waals surface area contributed by atoms with Crippen LogP contribution in [0.3, 0.4) is 0 Å². The fourth-order valence-corrected chi connectivity index (χ4v) is 2.80. The van der Waals surface area contributed by atoms with Crippen molar-refractivity contribution < 1.29 is 0 Å². The molecule has 1 unspecified atom stereocenters. The molecule has 0 heterocycles. The smallest absolute Gasteiger partial charge is 0.0143 e. The summed E-state index contributed by atoms with van der Waals surface area (Å²) in [5.41, 5.74) is 4.38. The summed E-state index contributed by atoms with van der Waals surface area (Å²) in [5, 5.41) is 2.81. The summed E-state index contributed by atoms with van der Waals surface area (Å²) in [6.07, 6.45) is 5.76. The van der Waals surface area contributed by atoms with E-state index >= 15 is 0 Å². The average molecular weight is 208 g/mol. The summed E-state index contributed by atoms with van der Waals surface area (Å²) in [4.78, 5) is 0. The zero-order valence-corrected chi connectivity index (χ0v) is 9.83. The fraction of sp³-hybridized carbons (Fsp3) is 0.250. The summed E-state index contributed by atoms with van der Waals surface area (Å²) >= 11 is 0. The van der Waals surface area contributed by atoms with Crippen molar-refractivity contribution in [3.8, 4) is 0 Å².